The molecule has 158 valence electrons. The number of hydrogen-bond donors (Lipinski definition) is 0. The van der Waals surface area contributed by atoms with Crippen LogP contribution >= 0.6 is 0 Å². The summed E-state index contributed by atoms with van der Waals surface area (Å²) in [6.07, 6.45) is 20.7. The van der Waals surface area contributed by atoms with E-state index >= 15 is 0 Å². The van der Waals surface area contributed by atoms with Crippen molar-refractivity contribution in [1.29, 1.82) is 0 Å². The molecule has 0 unspecified atom stereocenters. The largest absolute Gasteiger partial charge is 0.332 e. The third-order valence-corrected chi connectivity index (χ3v) is 5.60. The van der Waals surface area contributed by atoms with Gasteiger partial charge in [0.1, 0.15) is 0 Å². The first kappa shape index (κ1) is 25.9. The van der Waals surface area contributed by atoms with Crippen molar-refractivity contribution in [1.82, 2.24) is 0 Å². The first-order valence-corrected chi connectivity index (χ1v) is 12.2. The molecule has 26 heavy (non-hydrogen) atoms. The molecule has 0 amide bonds. The van der Waals surface area contributed by atoms with Gasteiger partial charge in [-0.05, 0) is 25.7 Å². The zero-order valence-corrected chi connectivity index (χ0v) is 19.0. The molecule has 0 aromatic heterocycles. The number of quaternary nitrogens is 1. The van der Waals surface area contributed by atoms with E-state index < -0.39 is 0 Å². The summed E-state index contributed by atoms with van der Waals surface area (Å²) >= 11 is 0. The number of unbranched alkanes of at least 4 members (excludes halogenated alkanes) is 11. The third kappa shape index (κ3) is 15.0. The van der Waals surface area contributed by atoms with E-state index in [1.165, 1.54) is 120 Å². The molecule has 0 aromatic rings. The monoisotopic (exact) mass is 370 g/mol. The molecule has 0 spiro atoms. The molecule has 0 saturated carbocycles. The Hall–Kier alpha value is -0.0800. The highest BCUT2D eigenvalue weighted by molar-refractivity contribution is 4.48. The summed E-state index contributed by atoms with van der Waals surface area (Å²) in [6.45, 7) is 15.0. The number of rotatable bonds is 21. The van der Waals surface area contributed by atoms with Gasteiger partial charge in [-0.2, -0.15) is 0 Å². The van der Waals surface area contributed by atoms with Crippen LogP contribution < -0.4 is 0 Å². The molecular weight excluding hydrogens is 318 g/mol. The number of hydrogen-bond acceptors (Lipinski definition) is 1. The molecule has 0 heterocycles. The Balaban J connectivity index is 3.52. The summed E-state index contributed by atoms with van der Waals surface area (Å²) in [7, 11) is 0. The minimum absolute atomic E-state index is 0.938. The average Bonchev–Trinajstić information content (AvgIpc) is 2.63. The Labute approximate surface area is 166 Å². The summed E-state index contributed by atoms with van der Waals surface area (Å²) in [5.41, 5.74) is 0. The minimum Gasteiger partial charge on any atom is -0.332 e. The summed E-state index contributed by atoms with van der Waals surface area (Å²) < 4.78 is 7.30. The Morgan fingerprint density at radius 1 is 0.462 bits per heavy atom. The van der Waals surface area contributed by atoms with Crippen LogP contribution in [-0.4, -0.2) is 37.5 Å². The zero-order chi connectivity index (χ0) is 19.3. The van der Waals surface area contributed by atoms with Gasteiger partial charge in [-0.1, -0.05) is 98.3 Å². The Morgan fingerprint density at radius 3 is 1.23 bits per heavy atom. The molecule has 2 nitrogen and oxygen atoms in total. The van der Waals surface area contributed by atoms with E-state index in [0.29, 0.717) is 0 Å². The molecule has 0 N–H and O–H groups in total. The molecule has 0 aromatic carbocycles. The van der Waals surface area contributed by atoms with Crippen molar-refractivity contribution in [3.8, 4) is 0 Å². The molecule has 0 aliphatic rings. The van der Waals surface area contributed by atoms with E-state index in [2.05, 4.69) is 27.7 Å². The average molecular weight is 371 g/mol. The van der Waals surface area contributed by atoms with E-state index in [1.54, 1.807) is 0 Å². The van der Waals surface area contributed by atoms with Gasteiger partial charge in [-0.15, -0.1) is 0 Å². The SMILES string of the molecule is CCCCCCCCCCCCCCOC[N+](CCC)(CCC)CCC. The maximum atomic E-state index is 6.12. The maximum Gasteiger partial charge on any atom is 0.183 e. The van der Waals surface area contributed by atoms with Crippen molar-refractivity contribution in [3.05, 3.63) is 0 Å². The second kappa shape index (κ2) is 19.7. The molecule has 0 radical (unpaired) electrons. The third-order valence-electron chi connectivity index (χ3n) is 5.60. The molecule has 0 rings (SSSR count). The highest BCUT2D eigenvalue weighted by Crippen LogP contribution is 2.14. The fourth-order valence-electron chi connectivity index (χ4n) is 4.26. The fourth-order valence-corrected chi connectivity index (χ4v) is 4.26. The summed E-state index contributed by atoms with van der Waals surface area (Å²) in [6, 6.07) is 0. The van der Waals surface area contributed by atoms with Crippen molar-refractivity contribution in [2.24, 2.45) is 0 Å². The highest BCUT2D eigenvalue weighted by atomic mass is 16.5. The Kier molecular flexibility index (Phi) is 19.6. The molecule has 0 aliphatic heterocycles. The minimum atomic E-state index is 0.938. The first-order valence-electron chi connectivity index (χ1n) is 12.2. The lowest BCUT2D eigenvalue weighted by Crippen LogP contribution is -2.51. The van der Waals surface area contributed by atoms with Gasteiger partial charge in [0.15, 0.2) is 6.73 Å². The second-order valence-electron chi connectivity index (χ2n) is 8.44. The van der Waals surface area contributed by atoms with E-state index in [-0.39, 0.29) is 0 Å². The van der Waals surface area contributed by atoms with Gasteiger partial charge in [0.25, 0.3) is 0 Å². The second-order valence-corrected chi connectivity index (χ2v) is 8.44. The van der Waals surface area contributed by atoms with Gasteiger partial charge in [-0.25, -0.2) is 0 Å². The van der Waals surface area contributed by atoms with Crippen molar-refractivity contribution < 1.29 is 9.22 Å². The molecule has 2 heteroatoms. The van der Waals surface area contributed by atoms with Crippen molar-refractivity contribution in [3.63, 3.8) is 0 Å². The Morgan fingerprint density at radius 2 is 0.846 bits per heavy atom. The molecule has 0 saturated heterocycles. The lowest BCUT2D eigenvalue weighted by molar-refractivity contribution is -0.946. The predicted octanol–water partition coefficient (Wildman–Crippen LogP) is 7.71. The van der Waals surface area contributed by atoms with E-state index in [9.17, 15) is 0 Å². The smallest absolute Gasteiger partial charge is 0.183 e. The molecular formula is C24H52NO+. The number of ether oxygens (including phenoxy) is 1. The van der Waals surface area contributed by atoms with Gasteiger partial charge in [0, 0.05) is 0 Å². The zero-order valence-electron chi connectivity index (χ0n) is 19.0. The van der Waals surface area contributed by atoms with Gasteiger partial charge in [0.2, 0.25) is 0 Å². The van der Waals surface area contributed by atoms with E-state index in [1.807, 2.05) is 0 Å². The lowest BCUT2D eigenvalue weighted by Gasteiger charge is -2.37. The Bertz CT molecular complexity index is 250. The predicted molar refractivity (Wildman–Crippen MR) is 118 cm³/mol. The topological polar surface area (TPSA) is 9.23 Å². The van der Waals surface area contributed by atoms with Gasteiger partial charge in [0.05, 0.1) is 26.2 Å². The molecule has 0 fully saturated rings. The van der Waals surface area contributed by atoms with Crippen LogP contribution in [0.15, 0.2) is 0 Å². The van der Waals surface area contributed by atoms with Gasteiger partial charge >= 0.3 is 0 Å². The molecule has 0 atom stereocenters. The van der Waals surface area contributed by atoms with Crippen LogP contribution in [-0.2, 0) is 4.74 Å². The van der Waals surface area contributed by atoms with Crippen molar-refractivity contribution in [2.45, 2.75) is 124 Å². The van der Waals surface area contributed by atoms with Gasteiger partial charge in [-0.3, -0.25) is 0 Å². The summed E-state index contributed by atoms with van der Waals surface area (Å²) in [5.74, 6) is 0. The van der Waals surface area contributed by atoms with Crippen LogP contribution in [0.4, 0.5) is 0 Å². The highest BCUT2D eigenvalue weighted by Gasteiger charge is 2.24. The standard InChI is InChI=1S/C24H52NO/c1-5-9-10-11-12-13-14-15-16-17-18-19-23-26-24-25(20-6-2,21-7-3)22-8-4/h5-24H2,1-4H3/q+1. The normalized spacial score (nSPS) is 12.0. The molecule has 0 bridgehead atoms. The van der Waals surface area contributed by atoms with Crippen LogP contribution in [0.5, 0.6) is 0 Å². The van der Waals surface area contributed by atoms with E-state index in [0.717, 1.165) is 13.3 Å². The lowest BCUT2D eigenvalue weighted by atomic mass is 10.1. The maximum absolute atomic E-state index is 6.12. The van der Waals surface area contributed by atoms with E-state index in [4.69, 9.17) is 4.74 Å². The van der Waals surface area contributed by atoms with Gasteiger partial charge < -0.3 is 9.22 Å². The first-order chi connectivity index (χ1) is 12.7. The number of nitrogens with zero attached hydrogens (tertiary/aromatic N) is 1. The van der Waals surface area contributed by atoms with Crippen LogP contribution in [0.2, 0.25) is 0 Å². The molecule has 0 aliphatic carbocycles. The van der Waals surface area contributed by atoms with Crippen LogP contribution in [0, 0.1) is 0 Å². The summed E-state index contributed by atoms with van der Waals surface area (Å²) in [4.78, 5) is 0. The van der Waals surface area contributed by atoms with Crippen molar-refractivity contribution >= 4 is 0 Å². The quantitative estimate of drug-likeness (QED) is 0.114. The van der Waals surface area contributed by atoms with Crippen LogP contribution in [0.25, 0.3) is 0 Å². The fraction of sp³-hybridized carbons (Fsp3) is 1.00. The van der Waals surface area contributed by atoms with Crippen LogP contribution in [0.3, 0.4) is 0 Å². The summed E-state index contributed by atoms with van der Waals surface area (Å²) in [5, 5.41) is 0. The van der Waals surface area contributed by atoms with Crippen molar-refractivity contribution in [2.75, 3.05) is 33.0 Å². The van der Waals surface area contributed by atoms with Crippen LogP contribution in [0.1, 0.15) is 124 Å².